The minimum atomic E-state index is 0. The van der Waals surface area contributed by atoms with Gasteiger partial charge in [0.25, 0.3) is 0 Å². The van der Waals surface area contributed by atoms with Crippen molar-refractivity contribution in [1.82, 2.24) is 4.90 Å². The third kappa shape index (κ3) is 14.8. The van der Waals surface area contributed by atoms with Crippen LogP contribution in [0.5, 0.6) is 0 Å². The molecule has 1 nitrogen and oxygen atoms in total. The van der Waals surface area contributed by atoms with Gasteiger partial charge in [0.15, 0.2) is 0 Å². The third-order valence-corrected chi connectivity index (χ3v) is 3.84. The first kappa shape index (κ1) is 21.9. The van der Waals surface area contributed by atoms with Crippen molar-refractivity contribution in [1.29, 1.82) is 0 Å². The topological polar surface area (TPSA) is 3.24 Å². The molecule has 0 bridgehead atoms. The van der Waals surface area contributed by atoms with Gasteiger partial charge in [-0.1, -0.05) is 69.5 Å². The average molecular weight is 352 g/mol. The predicted octanol–water partition coefficient (Wildman–Crippen LogP) is 5.06. The van der Waals surface area contributed by atoms with Gasteiger partial charge < -0.3 is 29.7 Å². The molecule has 4 heteroatoms. The van der Waals surface area contributed by atoms with Gasteiger partial charge in [-0.25, -0.2) is 0 Å². The van der Waals surface area contributed by atoms with Gasteiger partial charge in [-0.3, -0.25) is 0 Å². The van der Waals surface area contributed by atoms with Crippen molar-refractivity contribution in [3.8, 4) is 0 Å². The number of rotatable bonds is 12. The van der Waals surface area contributed by atoms with Crippen LogP contribution in [-0.2, 0) is 29.7 Å². The summed E-state index contributed by atoms with van der Waals surface area (Å²) in [7, 11) is 0. The molecule has 0 amide bonds. The largest absolute Gasteiger partial charge is 1.00 e. The molecule has 0 N–H and O–H groups in total. The maximum atomic E-state index is 5.16. The Labute approximate surface area is 142 Å². The number of unbranched alkanes of at least 4 members (excludes halogenated alkanes) is 8. The molecule has 0 atom stereocenters. The molecule has 0 fully saturated rings. The summed E-state index contributed by atoms with van der Waals surface area (Å²) < 4.78 is 0.668. The summed E-state index contributed by atoms with van der Waals surface area (Å²) in [5, 5.41) is 0. The number of thiocarbonyl (C=S) groups is 1. The van der Waals surface area contributed by atoms with Gasteiger partial charge in [-0.2, -0.15) is 0 Å². The first-order valence-corrected chi connectivity index (χ1v) is 8.50. The average Bonchev–Trinajstić information content (AvgIpc) is 2.35. The van der Waals surface area contributed by atoms with E-state index in [-0.39, 0.29) is 17.1 Å². The van der Waals surface area contributed by atoms with Crippen LogP contribution >= 0.6 is 12.2 Å². The molecule has 0 unspecified atom stereocenters. The fourth-order valence-electron chi connectivity index (χ4n) is 2.11. The molecule has 0 saturated heterocycles. The van der Waals surface area contributed by atoms with Crippen LogP contribution in [-0.4, -0.2) is 22.3 Å². The summed E-state index contributed by atoms with van der Waals surface area (Å²) in [6, 6.07) is 0. The van der Waals surface area contributed by atoms with Crippen molar-refractivity contribution in [2.45, 2.75) is 78.1 Å². The van der Waals surface area contributed by atoms with Crippen LogP contribution in [0, 0.1) is 0 Å². The molecule has 118 valence electrons. The Morgan fingerprint density at radius 2 is 1.16 bits per heavy atom. The first-order valence-electron chi connectivity index (χ1n) is 7.68. The summed E-state index contributed by atoms with van der Waals surface area (Å²) in [5.41, 5.74) is 0. The molecule has 0 aliphatic heterocycles. The SMILES string of the molecule is CCCCCCCN(CCCCCCC)C(=S)[S-].[Cu+]. The second-order valence-corrected chi connectivity index (χ2v) is 6.11. The molecule has 0 saturated carbocycles. The van der Waals surface area contributed by atoms with Gasteiger partial charge in [0.2, 0.25) is 0 Å². The van der Waals surface area contributed by atoms with Crippen LogP contribution in [0.1, 0.15) is 78.1 Å². The first-order chi connectivity index (χ1) is 8.72. The Kier molecular flexibility index (Phi) is 19.2. The molecule has 0 aromatic rings. The maximum Gasteiger partial charge on any atom is 1.00 e. The fourth-order valence-corrected chi connectivity index (χ4v) is 2.47. The van der Waals surface area contributed by atoms with E-state index in [1.807, 2.05) is 0 Å². The zero-order chi connectivity index (χ0) is 13.6. The standard InChI is InChI=1S/C15H31NS2.Cu/c1-3-5-7-9-11-13-16(15(17)18)14-12-10-8-6-4-2;/h3-14H2,1-2H3,(H,17,18);/q;+1/p-1. The summed E-state index contributed by atoms with van der Waals surface area (Å²) >= 11 is 10.3. The Morgan fingerprint density at radius 1 is 0.789 bits per heavy atom. The van der Waals surface area contributed by atoms with E-state index < -0.39 is 0 Å². The van der Waals surface area contributed by atoms with Gasteiger partial charge in [0.1, 0.15) is 0 Å². The molecule has 0 aliphatic carbocycles. The quantitative estimate of drug-likeness (QED) is 0.209. The molecule has 0 aliphatic rings. The monoisotopic (exact) mass is 351 g/mol. The molecular weight excluding hydrogens is 322 g/mol. The van der Waals surface area contributed by atoms with Crippen molar-refractivity contribution in [3.63, 3.8) is 0 Å². The van der Waals surface area contributed by atoms with E-state index in [0.29, 0.717) is 4.32 Å². The van der Waals surface area contributed by atoms with Crippen molar-refractivity contribution in [3.05, 3.63) is 0 Å². The van der Waals surface area contributed by atoms with Crippen LogP contribution in [0.4, 0.5) is 0 Å². The van der Waals surface area contributed by atoms with E-state index >= 15 is 0 Å². The smallest absolute Gasteiger partial charge is 0.411 e. The van der Waals surface area contributed by atoms with Crippen molar-refractivity contribution in [2.75, 3.05) is 13.1 Å². The minimum Gasteiger partial charge on any atom is -0.411 e. The fraction of sp³-hybridized carbons (Fsp3) is 0.933. The number of hydrogen-bond donors (Lipinski definition) is 0. The van der Waals surface area contributed by atoms with E-state index in [1.165, 1.54) is 64.2 Å². The summed E-state index contributed by atoms with van der Waals surface area (Å²) in [6.07, 6.45) is 13.1. The molecule has 19 heavy (non-hydrogen) atoms. The van der Waals surface area contributed by atoms with E-state index in [0.717, 1.165) is 13.1 Å². The molecule has 0 spiro atoms. The Morgan fingerprint density at radius 3 is 1.47 bits per heavy atom. The normalized spacial score (nSPS) is 10.0. The second-order valence-electron chi connectivity index (χ2n) is 5.08. The van der Waals surface area contributed by atoms with Crippen LogP contribution < -0.4 is 0 Å². The molecule has 0 radical (unpaired) electrons. The van der Waals surface area contributed by atoms with Crippen molar-refractivity contribution >= 4 is 29.2 Å². The van der Waals surface area contributed by atoms with Crippen molar-refractivity contribution < 1.29 is 17.1 Å². The van der Waals surface area contributed by atoms with Gasteiger partial charge >= 0.3 is 17.1 Å². The number of nitrogens with zero attached hydrogens (tertiary/aromatic N) is 1. The molecule has 0 aromatic heterocycles. The maximum absolute atomic E-state index is 5.16. The van der Waals surface area contributed by atoms with Crippen molar-refractivity contribution in [2.24, 2.45) is 0 Å². The Balaban J connectivity index is 0. The zero-order valence-electron chi connectivity index (χ0n) is 12.6. The van der Waals surface area contributed by atoms with E-state index in [1.54, 1.807) is 0 Å². The van der Waals surface area contributed by atoms with E-state index in [2.05, 4.69) is 18.7 Å². The predicted molar refractivity (Wildman–Crippen MR) is 89.1 cm³/mol. The van der Waals surface area contributed by atoms with Gasteiger partial charge in [-0.05, 0) is 12.8 Å². The summed E-state index contributed by atoms with van der Waals surface area (Å²) in [5.74, 6) is 0. The van der Waals surface area contributed by atoms with Crippen LogP contribution in [0.25, 0.3) is 0 Å². The molecule has 0 rings (SSSR count). The molecule has 0 aromatic carbocycles. The van der Waals surface area contributed by atoms with Gasteiger partial charge in [0, 0.05) is 13.1 Å². The van der Waals surface area contributed by atoms with E-state index in [9.17, 15) is 0 Å². The van der Waals surface area contributed by atoms with Gasteiger partial charge in [0.05, 0.1) is 0 Å². The minimum absolute atomic E-state index is 0. The van der Waals surface area contributed by atoms with Gasteiger partial charge in [-0.15, -0.1) is 0 Å². The van der Waals surface area contributed by atoms with Crippen LogP contribution in [0.3, 0.4) is 0 Å². The summed E-state index contributed by atoms with van der Waals surface area (Å²) in [4.78, 5) is 2.22. The summed E-state index contributed by atoms with van der Waals surface area (Å²) in [6.45, 7) is 6.64. The Bertz CT molecular complexity index is 187. The molecular formula is C15H30CuNS2. The Hall–Kier alpha value is 0.629. The van der Waals surface area contributed by atoms with Crippen LogP contribution in [0.2, 0.25) is 0 Å². The second kappa shape index (κ2) is 16.7. The van der Waals surface area contributed by atoms with Crippen LogP contribution in [0.15, 0.2) is 0 Å². The third-order valence-electron chi connectivity index (χ3n) is 3.32. The number of hydrogen-bond acceptors (Lipinski definition) is 2. The molecule has 0 heterocycles. The zero-order valence-corrected chi connectivity index (χ0v) is 15.1. The van der Waals surface area contributed by atoms with E-state index in [4.69, 9.17) is 24.8 Å².